The van der Waals surface area contributed by atoms with Crippen LogP contribution in [0.4, 0.5) is 4.39 Å². The molecule has 0 spiro atoms. The lowest BCUT2D eigenvalue weighted by molar-refractivity contribution is -0.0311. The molecule has 5 heteroatoms. The molecule has 1 aliphatic rings. The second kappa shape index (κ2) is 5.35. The summed E-state index contributed by atoms with van der Waals surface area (Å²) in [6.45, 7) is 0.896. The van der Waals surface area contributed by atoms with Crippen LogP contribution in [0.1, 0.15) is 24.5 Å². The molecule has 2 rings (SSSR count). The van der Waals surface area contributed by atoms with Crippen molar-refractivity contribution in [2.45, 2.75) is 18.9 Å². The minimum absolute atomic E-state index is 0.344. The highest BCUT2D eigenvalue weighted by atomic mass is 79.9. The molecule has 1 N–H and O–H groups in total. The lowest BCUT2D eigenvalue weighted by atomic mass is 9.74. The van der Waals surface area contributed by atoms with E-state index in [0.29, 0.717) is 36.1 Å². The highest BCUT2D eigenvalue weighted by molar-refractivity contribution is 9.10. The lowest BCUT2D eigenvalue weighted by Gasteiger charge is -2.35. The van der Waals surface area contributed by atoms with Gasteiger partial charge in [-0.05, 0) is 46.5 Å². The summed E-state index contributed by atoms with van der Waals surface area (Å²) in [7, 11) is 0. The standard InChI is InChI=1S/C13H13BrFNO2/c14-10-2-1-9(7-11(10)15)12(17)13(8-16)3-5-18-6-4-13/h1-2,7,12,17H,3-6H2. The summed E-state index contributed by atoms with van der Waals surface area (Å²) in [5.41, 5.74) is -0.447. The van der Waals surface area contributed by atoms with Crippen LogP contribution >= 0.6 is 15.9 Å². The minimum Gasteiger partial charge on any atom is -0.387 e. The molecule has 1 saturated heterocycles. The first kappa shape index (κ1) is 13.5. The van der Waals surface area contributed by atoms with E-state index in [2.05, 4.69) is 22.0 Å². The number of benzene rings is 1. The van der Waals surface area contributed by atoms with Crippen LogP contribution in [-0.4, -0.2) is 18.3 Å². The largest absolute Gasteiger partial charge is 0.387 e. The maximum atomic E-state index is 13.5. The second-order valence-corrected chi connectivity index (χ2v) is 5.31. The summed E-state index contributed by atoms with van der Waals surface area (Å²) in [6.07, 6.45) is -0.0703. The quantitative estimate of drug-likeness (QED) is 0.913. The van der Waals surface area contributed by atoms with Crippen LogP contribution in [0.25, 0.3) is 0 Å². The van der Waals surface area contributed by atoms with Crippen LogP contribution in [0.15, 0.2) is 22.7 Å². The summed E-state index contributed by atoms with van der Waals surface area (Å²) >= 11 is 3.06. The number of ether oxygens (including phenoxy) is 1. The first-order valence-electron chi connectivity index (χ1n) is 5.71. The molecule has 18 heavy (non-hydrogen) atoms. The Hall–Kier alpha value is -0.960. The molecular formula is C13H13BrFNO2. The van der Waals surface area contributed by atoms with Crippen molar-refractivity contribution in [3.63, 3.8) is 0 Å². The molecule has 1 atom stereocenters. The van der Waals surface area contributed by atoms with Crippen LogP contribution in [0.3, 0.4) is 0 Å². The Morgan fingerprint density at radius 1 is 1.44 bits per heavy atom. The number of halogens is 2. The number of rotatable bonds is 2. The fraction of sp³-hybridized carbons (Fsp3) is 0.462. The zero-order valence-electron chi connectivity index (χ0n) is 9.70. The van der Waals surface area contributed by atoms with Gasteiger partial charge in [0, 0.05) is 13.2 Å². The van der Waals surface area contributed by atoms with E-state index >= 15 is 0 Å². The van der Waals surface area contributed by atoms with Gasteiger partial charge < -0.3 is 9.84 Å². The molecule has 0 saturated carbocycles. The van der Waals surface area contributed by atoms with Gasteiger partial charge in [0.1, 0.15) is 5.82 Å². The highest BCUT2D eigenvalue weighted by Gasteiger charge is 2.40. The van der Waals surface area contributed by atoms with Crippen molar-refractivity contribution in [1.29, 1.82) is 5.26 Å². The molecule has 0 aromatic heterocycles. The van der Waals surface area contributed by atoms with E-state index in [1.54, 1.807) is 6.07 Å². The summed E-state index contributed by atoms with van der Waals surface area (Å²) in [5.74, 6) is -0.438. The Bertz CT molecular complexity index is 480. The van der Waals surface area contributed by atoms with Gasteiger partial charge in [-0.25, -0.2) is 4.39 Å². The van der Waals surface area contributed by atoms with Crippen LogP contribution in [0.5, 0.6) is 0 Å². The number of hydrogen-bond acceptors (Lipinski definition) is 3. The molecule has 1 heterocycles. The van der Waals surface area contributed by atoms with Crippen molar-refractivity contribution in [3.05, 3.63) is 34.1 Å². The average molecular weight is 314 g/mol. The Balaban J connectivity index is 2.31. The second-order valence-electron chi connectivity index (χ2n) is 4.46. The third-order valence-electron chi connectivity index (χ3n) is 3.39. The van der Waals surface area contributed by atoms with Gasteiger partial charge in [0.2, 0.25) is 0 Å². The molecular weight excluding hydrogens is 301 g/mol. The van der Waals surface area contributed by atoms with Crippen LogP contribution < -0.4 is 0 Å². The summed E-state index contributed by atoms with van der Waals surface area (Å²) in [5, 5.41) is 19.7. The zero-order valence-corrected chi connectivity index (χ0v) is 11.3. The SMILES string of the molecule is N#CC1(C(O)c2ccc(Br)c(F)c2)CCOCC1. The van der Waals surface area contributed by atoms with Gasteiger partial charge in [0.25, 0.3) is 0 Å². The van der Waals surface area contributed by atoms with Gasteiger partial charge in [-0.2, -0.15) is 5.26 Å². The van der Waals surface area contributed by atoms with Crippen molar-refractivity contribution < 1.29 is 14.2 Å². The number of nitriles is 1. The predicted octanol–water partition coefficient (Wildman–Crippen LogP) is 2.94. The van der Waals surface area contributed by atoms with Gasteiger partial charge in [0.05, 0.1) is 22.1 Å². The average Bonchev–Trinajstić information content (AvgIpc) is 2.42. The van der Waals surface area contributed by atoms with E-state index in [9.17, 15) is 14.8 Å². The molecule has 0 radical (unpaired) electrons. The van der Waals surface area contributed by atoms with Crippen LogP contribution in [-0.2, 0) is 4.74 Å². The molecule has 1 aromatic rings. The normalized spacial score (nSPS) is 20.1. The molecule has 0 amide bonds. The van der Waals surface area contributed by atoms with Crippen molar-refractivity contribution in [2.75, 3.05) is 13.2 Å². The summed E-state index contributed by atoms with van der Waals surface area (Å²) in [6, 6.07) is 6.62. The Kier molecular flexibility index (Phi) is 4.00. The topological polar surface area (TPSA) is 53.2 Å². The van der Waals surface area contributed by atoms with E-state index in [1.165, 1.54) is 12.1 Å². The highest BCUT2D eigenvalue weighted by Crippen LogP contribution is 2.42. The van der Waals surface area contributed by atoms with Crippen molar-refractivity contribution in [2.24, 2.45) is 5.41 Å². The molecule has 1 aromatic carbocycles. The van der Waals surface area contributed by atoms with E-state index in [-0.39, 0.29) is 0 Å². The van der Waals surface area contributed by atoms with Crippen LogP contribution in [0, 0.1) is 22.6 Å². The molecule has 0 bridgehead atoms. The van der Waals surface area contributed by atoms with E-state index in [4.69, 9.17) is 4.74 Å². The van der Waals surface area contributed by atoms with Crippen molar-refractivity contribution >= 4 is 15.9 Å². The number of hydrogen-bond donors (Lipinski definition) is 1. The zero-order chi connectivity index (χ0) is 13.2. The number of aliphatic hydroxyl groups is 1. The molecule has 1 fully saturated rings. The monoisotopic (exact) mass is 313 g/mol. The maximum absolute atomic E-state index is 13.5. The summed E-state index contributed by atoms with van der Waals surface area (Å²) < 4.78 is 19.0. The van der Waals surface area contributed by atoms with Gasteiger partial charge in [-0.15, -0.1) is 0 Å². The van der Waals surface area contributed by atoms with Crippen molar-refractivity contribution in [3.8, 4) is 6.07 Å². The van der Waals surface area contributed by atoms with Gasteiger partial charge in [0.15, 0.2) is 0 Å². The Morgan fingerprint density at radius 3 is 2.67 bits per heavy atom. The fourth-order valence-electron chi connectivity index (χ4n) is 2.18. The maximum Gasteiger partial charge on any atom is 0.137 e. The Morgan fingerprint density at radius 2 is 2.11 bits per heavy atom. The minimum atomic E-state index is -0.992. The molecule has 3 nitrogen and oxygen atoms in total. The van der Waals surface area contributed by atoms with Gasteiger partial charge in [-0.3, -0.25) is 0 Å². The number of aliphatic hydroxyl groups excluding tert-OH is 1. The smallest absolute Gasteiger partial charge is 0.137 e. The van der Waals surface area contributed by atoms with Gasteiger partial charge in [-0.1, -0.05) is 6.07 Å². The molecule has 96 valence electrons. The molecule has 0 aliphatic carbocycles. The third-order valence-corrected chi connectivity index (χ3v) is 4.03. The first-order valence-corrected chi connectivity index (χ1v) is 6.50. The predicted molar refractivity (Wildman–Crippen MR) is 67.2 cm³/mol. The van der Waals surface area contributed by atoms with E-state index < -0.39 is 17.3 Å². The first-order chi connectivity index (χ1) is 8.59. The molecule has 1 aliphatic heterocycles. The van der Waals surface area contributed by atoms with Gasteiger partial charge >= 0.3 is 0 Å². The van der Waals surface area contributed by atoms with E-state index in [0.717, 1.165) is 0 Å². The fourth-order valence-corrected chi connectivity index (χ4v) is 2.43. The molecule has 1 unspecified atom stereocenters. The van der Waals surface area contributed by atoms with E-state index in [1.807, 2.05) is 0 Å². The summed E-state index contributed by atoms with van der Waals surface area (Å²) in [4.78, 5) is 0. The lowest BCUT2D eigenvalue weighted by Crippen LogP contribution is -2.34. The number of nitrogens with zero attached hydrogens (tertiary/aromatic N) is 1. The van der Waals surface area contributed by atoms with Crippen LogP contribution in [0.2, 0.25) is 0 Å². The van der Waals surface area contributed by atoms with Crippen molar-refractivity contribution in [1.82, 2.24) is 0 Å². The third kappa shape index (κ3) is 2.41. The Labute approximate surface area is 113 Å².